The van der Waals surface area contributed by atoms with E-state index >= 15 is 0 Å². The van der Waals surface area contributed by atoms with Crippen molar-refractivity contribution in [1.29, 1.82) is 0 Å². The molecular weight excluding hydrogens is 263 g/mol. The first-order valence-corrected chi connectivity index (χ1v) is 6.51. The molecule has 1 aromatic carbocycles. The minimum atomic E-state index is -0.615. The van der Waals surface area contributed by atoms with Gasteiger partial charge in [-0.2, -0.15) is 0 Å². The lowest BCUT2D eigenvalue weighted by atomic mass is 10.2. The van der Waals surface area contributed by atoms with Crippen molar-refractivity contribution in [2.45, 2.75) is 25.8 Å². The molecule has 1 aliphatic heterocycles. The maximum atomic E-state index is 14.0. The molecule has 5 nitrogen and oxygen atoms in total. The van der Waals surface area contributed by atoms with Gasteiger partial charge in [0.25, 0.3) is 0 Å². The predicted molar refractivity (Wildman–Crippen MR) is 72.1 cm³/mol. The van der Waals surface area contributed by atoms with Gasteiger partial charge in [0.15, 0.2) is 0 Å². The summed E-state index contributed by atoms with van der Waals surface area (Å²) in [6, 6.07) is 3.59. The van der Waals surface area contributed by atoms with E-state index in [1.165, 1.54) is 30.2 Å². The summed E-state index contributed by atoms with van der Waals surface area (Å²) >= 11 is 0. The zero-order chi connectivity index (χ0) is 14.7. The van der Waals surface area contributed by atoms with Gasteiger partial charge in [-0.3, -0.25) is 9.59 Å². The van der Waals surface area contributed by atoms with E-state index in [0.29, 0.717) is 12.2 Å². The lowest BCUT2D eigenvalue weighted by molar-refractivity contribution is -0.125. The van der Waals surface area contributed by atoms with Gasteiger partial charge in [-0.1, -0.05) is 6.92 Å². The van der Waals surface area contributed by atoms with Gasteiger partial charge in [-0.25, -0.2) is 4.39 Å². The Bertz CT molecular complexity index is 533. The van der Waals surface area contributed by atoms with Gasteiger partial charge in [-0.05, 0) is 18.6 Å². The Morgan fingerprint density at radius 1 is 1.45 bits per heavy atom. The van der Waals surface area contributed by atoms with Crippen LogP contribution >= 0.6 is 0 Å². The quantitative estimate of drug-likeness (QED) is 0.912. The Hall–Kier alpha value is -2.11. The molecule has 0 aliphatic carbocycles. The van der Waals surface area contributed by atoms with Crippen molar-refractivity contribution in [2.24, 2.45) is 0 Å². The molecule has 1 aliphatic rings. The number of rotatable bonds is 3. The number of anilines is 1. The van der Waals surface area contributed by atoms with E-state index in [9.17, 15) is 14.0 Å². The molecule has 1 atom stereocenters. The first kappa shape index (κ1) is 14.3. The SMILES string of the molecule is CCC1NC(=O)CCN(c2cc(OC)ccc2F)C1=O. The smallest absolute Gasteiger partial charge is 0.249 e. The normalized spacial score (nSPS) is 19.6. The Kier molecular flexibility index (Phi) is 4.22. The summed E-state index contributed by atoms with van der Waals surface area (Å²) in [4.78, 5) is 25.3. The van der Waals surface area contributed by atoms with Gasteiger partial charge in [0.2, 0.25) is 11.8 Å². The van der Waals surface area contributed by atoms with Gasteiger partial charge < -0.3 is 15.0 Å². The van der Waals surface area contributed by atoms with Crippen molar-refractivity contribution in [1.82, 2.24) is 5.32 Å². The molecule has 1 saturated heterocycles. The van der Waals surface area contributed by atoms with E-state index in [1.54, 1.807) is 6.92 Å². The molecule has 1 aromatic rings. The predicted octanol–water partition coefficient (Wildman–Crippen LogP) is 1.47. The van der Waals surface area contributed by atoms with Crippen LogP contribution in [0.1, 0.15) is 19.8 Å². The molecular formula is C14H17FN2O3. The number of nitrogens with zero attached hydrogens (tertiary/aromatic N) is 1. The Morgan fingerprint density at radius 2 is 2.20 bits per heavy atom. The summed E-state index contributed by atoms with van der Waals surface area (Å²) < 4.78 is 19.0. The van der Waals surface area contributed by atoms with Crippen molar-refractivity contribution in [3.63, 3.8) is 0 Å². The van der Waals surface area contributed by atoms with Gasteiger partial charge >= 0.3 is 0 Å². The third kappa shape index (κ3) is 2.74. The van der Waals surface area contributed by atoms with Crippen molar-refractivity contribution in [2.75, 3.05) is 18.6 Å². The molecule has 2 amide bonds. The fraction of sp³-hybridized carbons (Fsp3) is 0.429. The van der Waals surface area contributed by atoms with Crippen LogP contribution in [0.2, 0.25) is 0 Å². The lowest BCUT2D eigenvalue weighted by Gasteiger charge is -2.24. The van der Waals surface area contributed by atoms with Crippen LogP contribution in [0.15, 0.2) is 18.2 Å². The highest BCUT2D eigenvalue weighted by atomic mass is 19.1. The van der Waals surface area contributed by atoms with Crippen molar-refractivity contribution in [3.8, 4) is 5.75 Å². The molecule has 1 N–H and O–H groups in total. The highest BCUT2D eigenvalue weighted by molar-refractivity contribution is 6.01. The number of carbonyl (C=O) groups excluding carboxylic acids is 2. The molecule has 0 aromatic heterocycles. The summed E-state index contributed by atoms with van der Waals surface area (Å²) in [7, 11) is 1.47. The molecule has 1 unspecified atom stereocenters. The molecule has 108 valence electrons. The highest BCUT2D eigenvalue weighted by Crippen LogP contribution is 2.26. The summed E-state index contributed by atoms with van der Waals surface area (Å²) in [5, 5.41) is 2.64. The van der Waals surface area contributed by atoms with E-state index in [1.807, 2.05) is 0 Å². The number of hydrogen-bond donors (Lipinski definition) is 1. The van der Waals surface area contributed by atoms with E-state index < -0.39 is 11.9 Å². The molecule has 20 heavy (non-hydrogen) atoms. The minimum absolute atomic E-state index is 0.143. The second-order valence-corrected chi connectivity index (χ2v) is 4.59. The van der Waals surface area contributed by atoms with Crippen LogP contribution in [0.4, 0.5) is 10.1 Å². The van der Waals surface area contributed by atoms with E-state index in [0.717, 1.165) is 0 Å². The molecule has 1 fully saturated rings. The van der Waals surface area contributed by atoms with Crippen LogP contribution < -0.4 is 15.0 Å². The molecule has 0 spiro atoms. The number of benzene rings is 1. The lowest BCUT2D eigenvalue weighted by Crippen LogP contribution is -2.44. The van der Waals surface area contributed by atoms with Crippen molar-refractivity contribution >= 4 is 17.5 Å². The first-order chi connectivity index (χ1) is 9.56. The number of methoxy groups -OCH3 is 1. The van der Waals surface area contributed by atoms with E-state index in [-0.39, 0.29) is 30.5 Å². The fourth-order valence-electron chi connectivity index (χ4n) is 2.18. The van der Waals surface area contributed by atoms with Gasteiger partial charge in [0.1, 0.15) is 17.6 Å². The van der Waals surface area contributed by atoms with Crippen LogP contribution in [0.3, 0.4) is 0 Å². The Morgan fingerprint density at radius 3 is 2.85 bits per heavy atom. The minimum Gasteiger partial charge on any atom is -0.497 e. The van der Waals surface area contributed by atoms with Crippen LogP contribution in [0.25, 0.3) is 0 Å². The maximum Gasteiger partial charge on any atom is 0.249 e. The highest BCUT2D eigenvalue weighted by Gasteiger charge is 2.30. The maximum absolute atomic E-state index is 14.0. The first-order valence-electron chi connectivity index (χ1n) is 6.51. The molecule has 1 heterocycles. The largest absolute Gasteiger partial charge is 0.497 e. The van der Waals surface area contributed by atoms with Crippen molar-refractivity contribution < 1.29 is 18.7 Å². The molecule has 0 radical (unpaired) electrons. The van der Waals surface area contributed by atoms with Gasteiger partial charge in [0, 0.05) is 19.0 Å². The molecule has 0 saturated carbocycles. The van der Waals surface area contributed by atoms with Crippen LogP contribution in [-0.2, 0) is 9.59 Å². The molecule has 2 rings (SSSR count). The van der Waals surface area contributed by atoms with Crippen molar-refractivity contribution in [3.05, 3.63) is 24.0 Å². The number of halogens is 1. The Balaban J connectivity index is 2.39. The summed E-state index contributed by atoms with van der Waals surface area (Å²) in [6.07, 6.45) is 0.617. The zero-order valence-electron chi connectivity index (χ0n) is 11.5. The Labute approximate surface area is 116 Å². The van der Waals surface area contributed by atoms with Crippen LogP contribution in [0.5, 0.6) is 5.75 Å². The van der Waals surface area contributed by atoms with Crippen LogP contribution in [-0.4, -0.2) is 31.5 Å². The third-order valence-corrected chi connectivity index (χ3v) is 3.31. The van der Waals surface area contributed by atoms with E-state index in [2.05, 4.69) is 5.32 Å². The number of hydrogen-bond acceptors (Lipinski definition) is 3. The zero-order valence-corrected chi connectivity index (χ0v) is 11.5. The summed E-state index contributed by atoms with van der Waals surface area (Å²) in [6.45, 7) is 1.96. The summed E-state index contributed by atoms with van der Waals surface area (Å²) in [5.74, 6) is -0.546. The molecule has 0 bridgehead atoms. The van der Waals surface area contributed by atoms with E-state index in [4.69, 9.17) is 4.74 Å². The standard InChI is InChI=1S/C14H17FN2O3/c1-3-11-14(19)17(7-6-13(18)16-11)12-8-9(20-2)4-5-10(12)15/h4-5,8,11H,3,6-7H2,1-2H3,(H,16,18). The topological polar surface area (TPSA) is 58.6 Å². The number of ether oxygens (including phenoxy) is 1. The fourth-order valence-corrected chi connectivity index (χ4v) is 2.18. The molecule has 6 heteroatoms. The number of amides is 2. The average molecular weight is 280 g/mol. The number of nitrogens with one attached hydrogen (secondary N) is 1. The monoisotopic (exact) mass is 280 g/mol. The van der Waals surface area contributed by atoms with Gasteiger partial charge in [0.05, 0.1) is 12.8 Å². The summed E-state index contributed by atoms with van der Waals surface area (Å²) in [5.41, 5.74) is 0.143. The second kappa shape index (κ2) is 5.90. The average Bonchev–Trinajstić information content (AvgIpc) is 2.59. The van der Waals surface area contributed by atoms with Gasteiger partial charge in [-0.15, -0.1) is 0 Å². The number of carbonyl (C=O) groups is 2. The third-order valence-electron chi connectivity index (χ3n) is 3.31. The second-order valence-electron chi connectivity index (χ2n) is 4.59. The van der Waals surface area contributed by atoms with Crippen LogP contribution in [0, 0.1) is 5.82 Å².